The third-order valence-electron chi connectivity index (χ3n) is 5.83. The second-order valence-corrected chi connectivity index (χ2v) is 10.6. The molecule has 0 bridgehead atoms. The molecule has 2 N–H and O–H groups in total. The van der Waals surface area contributed by atoms with Crippen molar-refractivity contribution in [1.82, 2.24) is 10.3 Å². The summed E-state index contributed by atoms with van der Waals surface area (Å²) in [7, 11) is 0. The highest BCUT2D eigenvalue weighted by Crippen LogP contribution is 2.44. The van der Waals surface area contributed by atoms with E-state index in [0.717, 1.165) is 11.1 Å². The molecular formula is C27H25Cl2N3O3. The second-order valence-electron chi connectivity index (χ2n) is 9.74. The highest BCUT2D eigenvalue weighted by atomic mass is 35.5. The number of nitriles is 1. The average Bonchev–Trinajstić information content (AvgIpc) is 2.77. The van der Waals surface area contributed by atoms with Crippen LogP contribution in [0.4, 0.5) is 0 Å². The highest BCUT2D eigenvalue weighted by molar-refractivity contribution is 6.33. The van der Waals surface area contributed by atoms with Gasteiger partial charge in [0.05, 0.1) is 28.4 Å². The normalized spacial score (nSPS) is 16.6. The average molecular weight is 510 g/mol. The fraction of sp³-hybridized carbons (Fsp3) is 0.296. The van der Waals surface area contributed by atoms with Crippen molar-refractivity contribution in [3.63, 3.8) is 0 Å². The molecule has 0 fully saturated rings. The summed E-state index contributed by atoms with van der Waals surface area (Å²) in [5.41, 5.74) is 1.80. The number of fused-ring (bicyclic) bond motifs is 1. The van der Waals surface area contributed by atoms with Gasteiger partial charge < -0.3 is 15.2 Å². The Kier molecular flexibility index (Phi) is 6.54. The molecule has 2 aromatic carbocycles. The third-order valence-corrected chi connectivity index (χ3v) is 6.39. The molecule has 1 amide bonds. The van der Waals surface area contributed by atoms with Crippen LogP contribution in [0.15, 0.2) is 48.5 Å². The second kappa shape index (κ2) is 9.16. The lowest BCUT2D eigenvalue weighted by atomic mass is 9.88. The first kappa shape index (κ1) is 25.0. The van der Waals surface area contributed by atoms with E-state index in [-0.39, 0.29) is 0 Å². The minimum Gasteiger partial charge on any atom is -0.471 e. The zero-order valence-electron chi connectivity index (χ0n) is 19.8. The van der Waals surface area contributed by atoms with Gasteiger partial charge in [-0.05, 0) is 69.7 Å². The monoisotopic (exact) mass is 509 g/mol. The van der Waals surface area contributed by atoms with Crippen LogP contribution in [0, 0.1) is 11.3 Å². The number of aliphatic hydroxyl groups is 1. The summed E-state index contributed by atoms with van der Waals surface area (Å²) in [4.78, 5) is 17.5. The summed E-state index contributed by atoms with van der Waals surface area (Å²) in [5.74, 6) is -0.117. The third kappa shape index (κ3) is 5.28. The van der Waals surface area contributed by atoms with Crippen LogP contribution in [0.3, 0.4) is 0 Å². The fourth-order valence-corrected chi connectivity index (χ4v) is 4.44. The van der Waals surface area contributed by atoms with Gasteiger partial charge in [-0.3, -0.25) is 4.79 Å². The Morgan fingerprint density at radius 2 is 1.86 bits per heavy atom. The first-order valence-electron chi connectivity index (χ1n) is 11.1. The minimum absolute atomic E-state index is 0.371. The van der Waals surface area contributed by atoms with Crippen LogP contribution >= 0.6 is 23.2 Å². The molecule has 0 spiro atoms. The fourth-order valence-electron chi connectivity index (χ4n) is 4.04. The SMILES string of the molecule is CC1(C)CC(NC(=O)C(C)(C)O)c2cc(-c3ccc(Cl)cc3)c(-c3ccc(C#N)cc3Cl)nc2O1. The molecule has 0 radical (unpaired) electrons. The molecule has 3 aromatic rings. The zero-order valence-corrected chi connectivity index (χ0v) is 21.3. The van der Waals surface area contributed by atoms with Gasteiger partial charge >= 0.3 is 0 Å². The maximum Gasteiger partial charge on any atom is 0.251 e. The molecule has 1 aliphatic heterocycles. The number of amides is 1. The molecule has 0 saturated heterocycles. The van der Waals surface area contributed by atoms with Gasteiger partial charge in [-0.25, -0.2) is 4.98 Å². The van der Waals surface area contributed by atoms with E-state index in [0.29, 0.717) is 44.7 Å². The molecule has 35 heavy (non-hydrogen) atoms. The number of ether oxygens (including phenoxy) is 1. The molecule has 1 unspecified atom stereocenters. The molecule has 180 valence electrons. The van der Waals surface area contributed by atoms with Crippen LogP contribution in [0.2, 0.25) is 10.0 Å². The highest BCUT2D eigenvalue weighted by Gasteiger charge is 2.38. The smallest absolute Gasteiger partial charge is 0.251 e. The van der Waals surface area contributed by atoms with Gasteiger partial charge in [-0.1, -0.05) is 35.3 Å². The number of benzene rings is 2. The van der Waals surface area contributed by atoms with Crippen molar-refractivity contribution in [3.05, 3.63) is 69.7 Å². The molecule has 1 atom stereocenters. The van der Waals surface area contributed by atoms with Crippen molar-refractivity contribution in [2.24, 2.45) is 0 Å². The number of rotatable bonds is 4. The van der Waals surface area contributed by atoms with Gasteiger partial charge in [-0.2, -0.15) is 5.26 Å². The van der Waals surface area contributed by atoms with Crippen LogP contribution in [0.1, 0.15) is 51.3 Å². The number of aromatic nitrogens is 1. The topological polar surface area (TPSA) is 95.2 Å². The van der Waals surface area contributed by atoms with Gasteiger partial charge in [0.1, 0.15) is 11.2 Å². The van der Waals surface area contributed by atoms with Crippen molar-refractivity contribution in [2.75, 3.05) is 0 Å². The van der Waals surface area contributed by atoms with Crippen LogP contribution in [-0.2, 0) is 4.79 Å². The van der Waals surface area contributed by atoms with Crippen LogP contribution in [-0.4, -0.2) is 27.2 Å². The molecule has 1 aliphatic rings. The van der Waals surface area contributed by atoms with Crippen LogP contribution < -0.4 is 10.1 Å². The number of hydrogen-bond acceptors (Lipinski definition) is 5. The van der Waals surface area contributed by atoms with E-state index < -0.39 is 23.2 Å². The number of halogens is 2. The lowest BCUT2D eigenvalue weighted by Gasteiger charge is -2.38. The number of carbonyl (C=O) groups is 1. The maximum atomic E-state index is 12.7. The van der Waals surface area contributed by atoms with Gasteiger partial charge in [0.2, 0.25) is 5.88 Å². The number of nitrogens with zero attached hydrogens (tertiary/aromatic N) is 2. The quantitative estimate of drug-likeness (QED) is 0.443. The minimum atomic E-state index is -1.54. The Morgan fingerprint density at radius 1 is 1.17 bits per heavy atom. The Hall–Kier alpha value is -3.11. The van der Waals surface area contributed by atoms with E-state index in [1.165, 1.54) is 13.8 Å². The predicted molar refractivity (Wildman–Crippen MR) is 136 cm³/mol. The summed E-state index contributed by atoms with van der Waals surface area (Å²) in [6.45, 7) is 6.73. The van der Waals surface area contributed by atoms with Gasteiger partial charge in [0, 0.05) is 28.1 Å². The molecule has 4 rings (SSSR count). The maximum absolute atomic E-state index is 12.7. The van der Waals surface area contributed by atoms with Crippen molar-refractivity contribution in [1.29, 1.82) is 5.26 Å². The Morgan fingerprint density at radius 3 is 2.46 bits per heavy atom. The molecule has 2 heterocycles. The van der Waals surface area contributed by atoms with E-state index in [1.54, 1.807) is 30.3 Å². The molecule has 0 saturated carbocycles. The molecule has 1 aromatic heterocycles. The summed E-state index contributed by atoms with van der Waals surface area (Å²) >= 11 is 12.7. The van der Waals surface area contributed by atoms with E-state index >= 15 is 0 Å². The van der Waals surface area contributed by atoms with E-state index in [9.17, 15) is 15.2 Å². The van der Waals surface area contributed by atoms with Crippen LogP contribution in [0.25, 0.3) is 22.4 Å². The number of nitrogens with one attached hydrogen (secondary N) is 1. The van der Waals surface area contributed by atoms with Gasteiger partial charge in [0.15, 0.2) is 0 Å². The van der Waals surface area contributed by atoms with Crippen molar-refractivity contribution in [2.45, 2.75) is 51.4 Å². The van der Waals surface area contributed by atoms with E-state index in [2.05, 4.69) is 11.4 Å². The Balaban J connectivity index is 1.94. The molecule has 8 heteroatoms. The first-order chi connectivity index (χ1) is 16.4. The number of hydrogen-bond donors (Lipinski definition) is 2. The molecule has 6 nitrogen and oxygen atoms in total. The Bertz CT molecular complexity index is 1340. The van der Waals surface area contributed by atoms with E-state index in [1.807, 2.05) is 32.0 Å². The van der Waals surface area contributed by atoms with Gasteiger partial charge in [-0.15, -0.1) is 0 Å². The first-order valence-corrected chi connectivity index (χ1v) is 11.9. The van der Waals surface area contributed by atoms with Crippen molar-refractivity contribution < 1.29 is 14.6 Å². The Labute approximate surface area is 214 Å². The predicted octanol–water partition coefficient (Wildman–Crippen LogP) is 6.08. The summed E-state index contributed by atoms with van der Waals surface area (Å²) in [5, 5.41) is 23.4. The zero-order chi connectivity index (χ0) is 25.5. The van der Waals surface area contributed by atoms with Crippen molar-refractivity contribution >= 4 is 29.1 Å². The van der Waals surface area contributed by atoms with Crippen LogP contribution in [0.5, 0.6) is 5.88 Å². The van der Waals surface area contributed by atoms with Gasteiger partial charge in [0.25, 0.3) is 5.91 Å². The molecule has 0 aliphatic carbocycles. The lowest BCUT2D eigenvalue weighted by Crippen LogP contribution is -2.47. The number of pyridine rings is 1. The molecular weight excluding hydrogens is 485 g/mol. The standard InChI is InChI=1S/C27H25Cl2N3O3/c1-26(2)13-22(31-25(33)27(3,4)34)20-12-19(16-6-8-17(28)9-7-16)23(32-24(20)35-26)18-10-5-15(14-30)11-21(18)29/h5-12,22,34H,13H2,1-4H3,(H,31,33). The largest absolute Gasteiger partial charge is 0.471 e. The number of carbonyl (C=O) groups excluding carboxylic acids is 1. The summed E-state index contributed by atoms with van der Waals surface area (Å²) < 4.78 is 6.23. The summed E-state index contributed by atoms with van der Waals surface area (Å²) in [6, 6.07) is 16.0. The lowest BCUT2D eigenvalue weighted by molar-refractivity contribution is -0.137. The van der Waals surface area contributed by atoms with Crippen molar-refractivity contribution in [3.8, 4) is 34.3 Å². The van der Waals surface area contributed by atoms with E-state index in [4.69, 9.17) is 32.9 Å². The summed E-state index contributed by atoms with van der Waals surface area (Å²) in [6.07, 6.45) is 0.487.